The fourth-order valence-electron chi connectivity index (χ4n) is 7.60. The average Bonchev–Trinajstić information content (AvgIpc) is 3.15. The number of aromatic amines is 1. The first-order valence-corrected chi connectivity index (χ1v) is 11.6. The molecule has 6 aliphatic rings. The van der Waals surface area contributed by atoms with Crippen molar-refractivity contribution in [3.8, 4) is 0 Å². The Bertz CT molecular complexity index is 1060. The zero-order valence-corrected chi connectivity index (χ0v) is 17.8. The maximum atomic E-state index is 11.1. The summed E-state index contributed by atoms with van der Waals surface area (Å²) in [6, 6.07) is 2.14. The molecule has 30 heavy (non-hydrogen) atoms. The number of aromatic nitrogens is 2. The summed E-state index contributed by atoms with van der Waals surface area (Å²) < 4.78 is 6.53. The molecule has 5 fully saturated rings. The second-order valence-electron chi connectivity index (χ2n) is 11.2. The van der Waals surface area contributed by atoms with Crippen molar-refractivity contribution in [2.24, 2.45) is 28.8 Å². The van der Waals surface area contributed by atoms with E-state index in [1.165, 1.54) is 24.1 Å². The van der Waals surface area contributed by atoms with Gasteiger partial charge in [0.1, 0.15) is 5.65 Å². The van der Waals surface area contributed by atoms with E-state index < -0.39 is 5.60 Å². The highest BCUT2D eigenvalue weighted by molar-refractivity contribution is 6.68. The molecule has 2 aromatic heterocycles. The maximum Gasteiger partial charge on any atom is 0.471 e. The van der Waals surface area contributed by atoms with Crippen LogP contribution < -0.4 is 5.46 Å². The largest absolute Gasteiger partial charge is 0.471 e. The maximum absolute atomic E-state index is 11.1. The molecule has 2 atom stereocenters. The van der Waals surface area contributed by atoms with Crippen molar-refractivity contribution < 1.29 is 9.76 Å². The van der Waals surface area contributed by atoms with Crippen molar-refractivity contribution in [3.05, 3.63) is 24.0 Å². The molecule has 0 aromatic carbocycles. The number of H-pyrrole nitrogens is 1. The van der Waals surface area contributed by atoms with Crippen molar-refractivity contribution in [1.29, 1.82) is 0 Å². The Morgan fingerprint density at radius 1 is 1.23 bits per heavy atom. The van der Waals surface area contributed by atoms with Gasteiger partial charge in [0, 0.05) is 46.9 Å². The molecule has 4 aliphatic carbocycles. The normalized spacial score (nSPS) is 38.6. The van der Waals surface area contributed by atoms with Gasteiger partial charge in [-0.1, -0.05) is 0 Å². The third-order valence-corrected chi connectivity index (χ3v) is 8.58. The van der Waals surface area contributed by atoms with E-state index in [0.717, 1.165) is 48.7 Å². The van der Waals surface area contributed by atoms with E-state index in [0.29, 0.717) is 23.7 Å². The van der Waals surface area contributed by atoms with Crippen LogP contribution in [0, 0.1) is 23.7 Å². The highest BCUT2D eigenvalue weighted by Crippen LogP contribution is 2.59. The lowest BCUT2D eigenvalue weighted by Crippen LogP contribution is -2.63. The van der Waals surface area contributed by atoms with Crippen molar-refractivity contribution in [1.82, 2.24) is 14.9 Å². The fourth-order valence-corrected chi connectivity index (χ4v) is 7.60. The van der Waals surface area contributed by atoms with Gasteiger partial charge in [-0.25, -0.2) is 4.98 Å². The molecule has 8 rings (SSSR count). The number of pyridine rings is 1. The van der Waals surface area contributed by atoms with Crippen LogP contribution in [0.25, 0.3) is 11.0 Å². The molecule has 4 saturated carbocycles. The SMILES string of the molecule is CC1(C)CCN2N=C([C@H]3C4CC5CC3C[C@@](O)(C5)C4)c3c(cnc4[nH]ccc34)B2O1. The lowest BCUT2D eigenvalue weighted by molar-refractivity contribution is -0.138. The van der Waals surface area contributed by atoms with E-state index in [1.54, 1.807) is 0 Å². The van der Waals surface area contributed by atoms with Crippen LogP contribution in [-0.2, 0) is 4.65 Å². The molecule has 6 nitrogen and oxygen atoms in total. The van der Waals surface area contributed by atoms with E-state index in [2.05, 4.69) is 29.8 Å². The fraction of sp³-hybridized carbons (Fsp3) is 0.652. The molecular formula is C23H29BN4O2. The van der Waals surface area contributed by atoms with Gasteiger partial charge < -0.3 is 19.7 Å². The summed E-state index contributed by atoms with van der Waals surface area (Å²) in [6.07, 6.45) is 10.3. The van der Waals surface area contributed by atoms with Crippen LogP contribution >= 0.6 is 0 Å². The van der Waals surface area contributed by atoms with Gasteiger partial charge in [-0.05, 0) is 76.2 Å². The summed E-state index contributed by atoms with van der Waals surface area (Å²) >= 11 is 0. The highest BCUT2D eigenvalue weighted by atomic mass is 16.5. The number of hydrazone groups is 1. The molecule has 1 saturated heterocycles. The van der Waals surface area contributed by atoms with Crippen molar-refractivity contribution in [3.63, 3.8) is 0 Å². The van der Waals surface area contributed by atoms with Gasteiger partial charge in [0.15, 0.2) is 0 Å². The highest BCUT2D eigenvalue weighted by Gasteiger charge is 2.57. The van der Waals surface area contributed by atoms with Gasteiger partial charge in [-0.15, -0.1) is 0 Å². The van der Waals surface area contributed by atoms with Crippen LogP contribution in [0.5, 0.6) is 0 Å². The zero-order chi connectivity index (χ0) is 20.3. The predicted octanol–water partition coefficient (Wildman–Crippen LogP) is 2.66. The van der Waals surface area contributed by atoms with E-state index in [9.17, 15) is 5.11 Å². The Labute approximate surface area is 177 Å². The predicted molar refractivity (Wildman–Crippen MR) is 117 cm³/mol. The summed E-state index contributed by atoms with van der Waals surface area (Å²) in [5.74, 6) is 2.20. The van der Waals surface area contributed by atoms with E-state index >= 15 is 0 Å². The number of nitrogens with zero attached hydrogens (tertiary/aromatic N) is 3. The minimum absolute atomic E-state index is 0.162. The average molecular weight is 404 g/mol. The van der Waals surface area contributed by atoms with Gasteiger partial charge in [0.25, 0.3) is 0 Å². The third-order valence-electron chi connectivity index (χ3n) is 8.58. The molecule has 4 bridgehead atoms. The smallest absolute Gasteiger partial charge is 0.407 e. The lowest BCUT2D eigenvalue weighted by Gasteiger charge is -2.58. The van der Waals surface area contributed by atoms with Crippen LogP contribution in [0.1, 0.15) is 57.9 Å². The summed E-state index contributed by atoms with van der Waals surface area (Å²) in [7, 11) is -0.166. The number of aliphatic hydroxyl groups is 1. The topological polar surface area (TPSA) is 73.7 Å². The summed E-state index contributed by atoms with van der Waals surface area (Å²) in [4.78, 5) is 10.2. The lowest BCUT2D eigenvalue weighted by atomic mass is 9.48. The van der Waals surface area contributed by atoms with Gasteiger partial charge in [0.05, 0.1) is 11.3 Å². The quantitative estimate of drug-likeness (QED) is 0.717. The van der Waals surface area contributed by atoms with Crippen molar-refractivity contribution >= 4 is 29.3 Å². The number of hydrogen-bond donors (Lipinski definition) is 2. The third kappa shape index (κ3) is 2.39. The minimum atomic E-state index is -0.423. The van der Waals surface area contributed by atoms with Gasteiger partial charge >= 0.3 is 7.05 Å². The number of fused-ring (bicyclic) bond motifs is 5. The van der Waals surface area contributed by atoms with Crippen LogP contribution in [0.3, 0.4) is 0 Å². The monoisotopic (exact) mass is 404 g/mol. The van der Waals surface area contributed by atoms with E-state index in [1.807, 2.05) is 12.4 Å². The molecule has 2 N–H and O–H groups in total. The van der Waals surface area contributed by atoms with Crippen LogP contribution in [-0.4, -0.2) is 50.5 Å². The second kappa shape index (κ2) is 5.68. The van der Waals surface area contributed by atoms with Gasteiger partial charge in [-0.2, -0.15) is 5.10 Å². The van der Waals surface area contributed by atoms with Crippen molar-refractivity contribution in [2.75, 3.05) is 6.54 Å². The number of rotatable bonds is 1. The van der Waals surface area contributed by atoms with Gasteiger partial charge in [-0.3, -0.25) is 0 Å². The van der Waals surface area contributed by atoms with Crippen LogP contribution in [0.15, 0.2) is 23.6 Å². The molecular weight excluding hydrogens is 375 g/mol. The number of hydrogen-bond acceptors (Lipinski definition) is 5. The van der Waals surface area contributed by atoms with Gasteiger partial charge in [0.2, 0.25) is 0 Å². The summed E-state index contributed by atoms with van der Waals surface area (Å²) in [5.41, 5.74) is 3.97. The number of nitrogens with one attached hydrogen (secondary N) is 1. The minimum Gasteiger partial charge on any atom is -0.407 e. The molecule has 7 heteroatoms. The Morgan fingerprint density at radius 3 is 2.80 bits per heavy atom. The van der Waals surface area contributed by atoms with Crippen LogP contribution in [0.2, 0.25) is 0 Å². The molecule has 0 radical (unpaired) electrons. The molecule has 156 valence electrons. The Balaban J connectivity index is 1.40. The molecule has 2 aliphatic heterocycles. The van der Waals surface area contributed by atoms with Crippen LogP contribution in [0.4, 0.5) is 0 Å². The molecule has 2 unspecified atom stereocenters. The Morgan fingerprint density at radius 2 is 2.03 bits per heavy atom. The standard InChI is InChI=1S/C23H29BN4O2/c1-22(2)4-6-28-24(30-22)17-12-26-21-16(3-5-25-21)19(17)20(27-28)18-14-7-13-8-15(18)11-23(29,9-13)10-14/h3,5,12-15,18,29H,4,6-11H2,1-2H3,(H,25,26)/t13?,14?,15?,18-,23+. The second-order valence-corrected chi connectivity index (χ2v) is 11.2. The summed E-state index contributed by atoms with van der Waals surface area (Å²) in [6.45, 7) is 5.24. The molecule has 0 amide bonds. The van der Waals surface area contributed by atoms with Crippen molar-refractivity contribution in [2.45, 2.75) is 63.6 Å². The Kier molecular flexibility index (Phi) is 3.37. The first-order chi connectivity index (χ1) is 14.4. The molecule has 0 spiro atoms. The Hall–Kier alpha value is -1.86. The zero-order valence-electron chi connectivity index (χ0n) is 17.8. The first kappa shape index (κ1) is 17.8. The molecule has 4 heterocycles. The molecule has 2 aromatic rings. The van der Waals surface area contributed by atoms with E-state index in [-0.39, 0.29) is 12.7 Å². The summed E-state index contributed by atoms with van der Waals surface area (Å²) in [5, 5.41) is 17.6. The first-order valence-electron chi connectivity index (χ1n) is 11.6. The van der Waals surface area contributed by atoms with E-state index in [4.69, 9.17) is 14.7 Å².